The molecule has 0 bridgehead atoms. The fourth-order valence-electron chi connectivity index (χ4n) is 1.96. The molecule has 0 aliphatic rings. The summed E-state index contributed by atoms with van der Waals surface area (Å²) in [4.78, 5) is 12.1. The molecule has 106 valence electrons. The quantitative estimate of drug-likeness (QED) is 0.657. The van der Waals surface area contributed by atoms with Gasteiger partial charge in [0.2, 0.25) is 0 Å². The minimum absolute atomic E-state index is 0.142. The van der Waals surface area contributed by atoms with Gasteiger partial charge < -0.3 is 10.5 Å². The topological polar surface area (TPSA) is 52.3 Å². The van der Waals surface area contributed by atoms with Crippen LogP contribution in [0.2, 0.25) is 0 Å². The largest absolute Gasteiger partial charge is 0.459 e. The number of carbonyl (C=O) groups is 1. The minimum Gasteiger partial charge on any atom is -0.459 e. The van der Waals surface area contributed by atoms with Crippen LogP contribution in [0.15, 0.2) is 12.1 Å². The van der Waals surface area contributed by atoms with Gasteiger partial charge in [-0.1, -0.05) is 33.8 Å². The van der Waals surface area contributed by atoms with Crippen molar-refractivity contribution in [3.8, 4) is 0 Å². The van der Waals surface area contributed by atoms with E-state index < -0.39 is 0 Å². The molecule has 0 saturated heterocycles. The van der Waals surface area contributed by atoms with Crippen LogP contribution in [0.5, 0.6) is 0 Å². The lowest BCUT2D eigenvalue weighted by Crippen LogP contribution is -2.15. The molecular weight excluding hydrogens is 238 g/mol. The highest BCUT2D eigenvalue weighted by Gasteiger charge is 2.19. The van der Waals surface area contributed by atoms with Crippen LogP contribution < -0.4 is 5.73 Å². The van der Waals surface area contributed by atoms with E-state index in [-0.39, 0.29) is 18.0 Å². The van der Waals surface area contributed by atoms with Crippen molar-refractivity contribution in [2.24, 2.45) is 0 Å². The number of carbonyl (C=O) groups excluding carboxylic acids is 1. The third-order valence-electron chi connectivity index (χ3n) is 3.09. The highest BCUT2D eigenvalue weighted by atomic mass is 16.5. The molecule has 0 aromatic heterocycles. The van der Waals surface area contributed by atoms with Gasteiger partial charge >= 0.3 is 5.97 Å². The van der Waals surface area contributed by atoms with E-state index in [4.69, 9.17) is 10.5 Å². The standard InChI is InChI=1S/C16H25NO2/c1-9(2)12-7-13(10(3)4)15(17)14(8-12)16(18)19-11(5)6/h7-11H,17H2,1-6H3. The Morgan fingerprint density at radius 2 is 1.63 bits per heavy atom. The highest BCUT2D eigenvalue weighted by Crippen LogP contribution is 2.30. The van der Waals surface area contributed by atoms with Gasteiger partial charge in [-0.25, -0.2) is 4.79 Å². The second kappa shape index (κ2) is 6.09. The summed E-state index contributed by atoms with van der Waals surface area (Å²) in [5, 5.41) is 0. The molecule has 0 saturated carbocycles. The predicted molar refractivity (Wildman–Crippen MR) is 79.6 cm³/mol. The Hall–Kier alpha value is -1.51. The minimum atomic E-state index is -0.336. The fourth-order valence-corrected chi connectivity index (χ4v) is 1.96. The van der Waals surface area contributed by atoms with Crippen molar-refractivity contribution in [2.75, 3.05) is 5.73 Å². The lowest BCUT2D eigenvalue weighted by Gasteiger charge is -2.18. The fraction of sp³-hybridized carbons (Fsp3) is 0.562. The third-order valence-corrected chi connectivity index (χ3v) is 3.09. The molecule has 1 aromatic rings. The van der Waals surface area contributed by atoms with E-state index in [2.05, 4.69) is 33.8 Å². The van der Waals surface area contributed by atoms with Crippen molar-refractivity contribution < 1.29 is 9.53 Å². The Bertz CT molecular complexity index is 462. The summed E-state index contributed by atoms with van der Waals surface area (Å²) < 4.78 is 5.27. The highest BCUT2D eigenvalue weighted by molar-refractivity contribution is 5.96. The van der Waals surface area contributed by atoms with Gasteiger partial charge in [0.1, 0.15) is 0 Å². The number of hydrogen-bond donors (Lipinski definition) is 1. The molecule has 0 radical (unpaired) electrons. The summed E-state index contributed by atoms with van der Waals surface area (Å²) in [5.74, 6) is 0.296. The van der Waals surface area contributed by atoms with Crippen LogP contribution >= 0.6 is 0 Å². The van der Waals surface area contributed by atoms with Gasteiger partial charge in [0.25, 0.3) is 0 Å². The molecule has 2 N–H and O–H groups in total. The van der Waals surface area contributed by atoms with Gasteiger partial charge in [-0.2, -0.15) is 0 Å². The van der Waals surface area contributed by atoms with Crippen molar-refractivity contribution in [3.63, 3.8) is 0 Å². The number of hydrogen-bond acceptors (Lipinski definition) is 3. The van der Waals surface area contributed by atoms with Crippen molar-refractivity contribution in [3.05, 3.63) is 28.8 Å². The summed E-state index contributed by atoms with van der Waals surface area (Å²) in [5.41, 5.74) is 9.30. The normalized spacial score (nSPS) is 11.4. The van der Waals surface area contributed by atoms with Gasteiger partial charge in [-0.3, -0.25) is 0 Å². The summed E-state index contributed by atoms with van der Waals surface area (Å²) in [6, 6.07) is 3.95. The van der Waals surface area contributed by atoms with E-state index in [1.165, 1.54) is 0 Å². The first-order chi connectivity index (χ1) is 8.73. The van der Waals surface area contributed by atoms with Gasteiger partial charge in [0.05, 0.1) is 11.7 Å². The Kier molecular flexibility index (Phi) is 4.98. The average Bonchev–Trinajstić information content (AvgIpc) is 2.27. The van der Waals surface area contributed by atoms with Crippen LogP contribution in [0.1, 0.15) is 74.9 Å². The lowest BCUT2D eigenvalue weighted by molar-refractivity contribution is 0.0379. The lowest BCUT2D eigenvalue weighted by atomic mass is 9.91. The number of esters is 1. The van der Waals surface area contributed by atoms with Gasteiger partial charge in [-0.05, 0) is 42.9 Å². The number of anilines is 1. The third kappa shape index (κ3) is 3.72. The Morgan fingerprint density at radius 3 is 2.05 bits per heavy atom. The molecular formula is C16H25NO2. The number of benzene rings is 1. The van der Waals surface area contributed by atoms with Crippen molar-refractivity contribution in [1.29, 1.82) is 0 Å². The Morgan fingerprint density at radius 1 is 1.05 bits per heavy atom. The predicted octanol–water partition coefficient (Wildman–Crippen LogP) is 4.08. The van der Waals surface area contributed by atoms with E-state index in [9.17, 15) is 4.79 Å². The SMILES string of the molecule is CC(C)OC(=O)c1cc(C(C)C)cc(C(C)C)c1N. The molecule has 0 unspecified atom stereocenters. The molecule has 0 atom stereocenters. The van der Waals surface area contributed by atoms with E-state index >= 15 is 0 Å². The molecule has 0 aliphatic carbocycles. The molecule has 0 spiro atoms. The molecule has 3 nitrogen and oxygen atoms in total. The zero-order valence-corrected chi connectivity index (χ0v) is 12.8. The van der Waals surface area contributed by atoms with Crippen molar-refractivity contribution in [1.82, 2.24) is 0 Å². The molecule has 0 fully saturated rings. The first-order valence-corrected chi connectivity index (χ1v) is 6.88. The summed E-state index contributed by atoms with van der Waals surface area (Å²) in [7, 11) is 0. The summed E-state index contributed by atoms with van der Waals surface area (Å²) >= 11 is 0. The van der Waals surface area contributed by atoms with Gasteiger partial charge in [-0.15, -0.1) is 0 Å². The zero-order chi connectivity index (χ0) is 14.7. The van der Waals surface area contributed by atoms with E-state index in [1.807, 2.05) is 19.9 Å². The van der Waals surface area contributed by atoms with Crippen LogP contribution in [-0.2, 0) is 4.74 Å². The Labute approximate surface area is 116 Å². The van der Waals surface area contributed by atoms with Crippen LogP contribution in [0.4, 0.5) is 5.69 Å². The average molecular weight is 263 g/mol. The van der Waals surface area contributed by atoms with Crippen molar-refractivity contribution >= 4 is 11.7 Å². The Balaban J connectivity index is 3.33. The molecule has 0 heterocycles. The maximum Gasteiger partial charge on any atom is 0.340 e. The number of nitrogens with two attached hydrogens (primary N) is 1. The second-order valence-electron chi connectivity index (χ2n) is 5.83. The van der Waals surface area contributed by atoms with E-state index in [0.717, 1.165) is 11.1 Å². The molecule has 1 aromatic carbocycles. The molecule has 0 aliphatic heterocycles. The monoisotopic (exact) mass is 263 g/mol. The zero-order valence-electron chi connectivity index (χ0n) is 12.8. The van der Waals surface area contributed by atoms with Crippen molar-refractivity contribution in [2.45, 2.75) is 59.5 Å². The van der Waals surface area contributed by atoms with Crippen LogP contribution in [0.25, 0.3) is 0 Å². The maximum atomic E-state index is 12.1. The molecule has 3 heteroatoms. The van der Waals surface area contributed by atoms with Gasteiger partial charge in [0, 0.05) is 5.69 Å². The summed E-state index contributed by atoms with van der Waals surface area (Å²) in [6.07, 6.45) is -0.142. The number of ether oxygens (including phenoxy) is 1. The molecule has 19 heavy (non-hydrogen) atoms. The molecule has 1 rings (SSSR count). The van der Waals surface area contributed by atoms with E-state index in [0.29, 0.717) is 17.2 Å². The second-order valence-corrected chi connectivity index (χ2v) is 5.83. The van der Waals surface area contributed by atoms with Crippen LogP contribution in [0.3, 0.4) is 0 Å². The number of rotatable bonds is 4. The van der Waals surface area contributed by atoms with Crippen LogP contribution in [-0.4, -0.2) is 12.1 Å². The van der Waals surface area contributed by atoms with Crippen LogP contribution in [0, 0.1) is 0 Å². The first-order valence-electron chi connectivity index (χ1n) is 6.88. The van der Waals surface area contributed by atoms with E-state index in [1.54, 1.807) is 0 Å². The first kappa shape index (κ1) is 15.5. The maximum absolute atomic E-state index is 12.1. The molecule has 0 amide bonds. The number of nitrogen functional groups attached to an aromatic ring is 1. The summed E-state index contributed by atoms with van der Waals surface area (Å²) in [6.45, 7) is 12.0. The smallest absolute Gasteiger partial charge is 0.340 e. The van der Waals surface area contributed by atoms with Gasteiger partial charge in [0.15, 0.2) is 0 Å².